The van der Waals surface area contributed by atoms with E-state index in [-0.39, 0.29) is 29.8 Å². The molecule has 2 aliphatic heterocycles. The van der Waals surface area contributed by atoms with Gasteiger partial charge in [0.05, 0.1) is 17.5 Å². The molecule has 2 saturated heterocycles. The molecule has 0 radical (unpaired) electrons. The molecule has 52 heavy (non-hydrogen) atoms. The van der Waals surface area contributed by atoms with E-state index in [1.807, 2.05) is 71.4 Å². The second kappa shape index (κ2) is 14.4. The summed E-state index contributed by atoms with van der Waals surface area (Å²) in [6.45, 7) is 5.34. The molecule has 6 heterocycles. The smallest absolute Gasteiger partial charge is 0.262 e. The van der Waals surface area contributed by atoms with Crippen molar-refractivity contribution >= 4 is 39.9 Å². The van der Waals surface area contributed by atoms with Crippen LogP contribution in [0.2, 0.25) is 5.02 Å². The standard InChI is InChI=1S/C40H40ClN7O3S/c1-27-7-8-29(21-42-27)37-43-22-32(52-37)23-45-17-13-33(35(24-45)28-5-3-2-4-6-28)38(49)46-19-15-40(51,16-20-46)25-47-26-44-36-34(39(47)50)14-18-48(36)31-11-9-30(41)10-12-31/h2-12,14,18,21-22,26,33,35,51H,13,15-17,19-20,23-25H2,1H3/t33-,35+/m1/s1. The average molecular weight is 734 g/mol. The zero-order valence-corrected chi connectivity index (χ0v) is 30.5. The lowest BCUT2D eigenvalue weighted by atomic mass is 9.79. The largest absolute Gasteiger partial charge is 0.388 e. The van der Waals surface area contributed by atoms with Gasteiger partial charge in [-0.1, -0.05) is 41.9 Å². The summed E-state index contributed by atoms with van der Waals surface area (Å²) in [6.07, 6.45) is 8.69. The Morgan fingerprint density at radius 3 is 2.50 bits per heavy atom. The van der Waals surface area contributed by atoms with E-state index in [4.69, 9.17) is 11.6 Å². The van der Waals surface area contributed by atoms with E-state index in [1.54, 1.807) is 29.5 Å². The van der Waals surface area contributed by atoms with Crippen LogP contribution in [0.1, 0.15) is 41.3 Å². The first-order chi connectivity index (χ1) is 25.2. The summed E-state index contributed by atoms with van der Waals surface area (Å²) < 4.78 is 3.35. The van der Waals surface area contributed by atoms with Gasteiger partial charge in [-0.15, -0.1) is 11.3 Å². The van der Waals surface area contributed by atoms with Gasteiger partial charge in [-0.25, -0.2) is 9.97 Å². The van der Waals surface area contributed by atoms with Gasteiger partial charge in [0.25, 0.3) is 5.56 Å². The fourth-order valence-electron chi connectivity index (χ4n) is 7.66. The maximum Gasteiger partial charge on any atom is 0.262 e. The van der Waals surface area contributed by atoms with Crippen LogP contribution in [-0.4, -0.2) is 76.7 Å². The molecule has 1 amide bonds. The van der Waals surface area contributed by atoms with Gasteiger partial charge in [0.1, 0.15) is 11.3 Å². The number of carbonyl (C=O) groups is 1. The highest BCUT2D eigenvalue weighted by atomic mass is 35.5. The Bertz CT molecular complexity index is 2240. The molecule has 1 N–H and O–H groups in total. The van der Waals surface area contributed by atoms with Crippen LogP contribution in [0.4, 0.5) is 0 Å². The number of carbonyl (C=O) groups excluding carboxylic acids is 1. The van der Waals surface area contributed by atoms with Crippen molar-refractivity contribution in [2.45, 2.75) is 50.8 Å². The number of rotatable bonds is 8. The van der Waals surface area contributed by atoms with Crippen LogP contribution in [0.25, 0.3) is 27.3 Å². The van der Waals surface area contributed by atoms with E-state index < -0.39 is 5.60 Å². The Kier molecular flexibility index (Phi) is 9.52. The molecule has 0 unspecified atom stereocenters. The minimum atomic E-state index is -1.13. The third kappa shape index (κ3) is 7.06. The Labute approximate surface area is 311 Å². The normalized spacial score (nSPS) is 19.2. The molecule has 0 saturated carbocycles. The molecule has 266 valence electrons. The Hall–Kier alpha value is -4.68. The van der Waals surface area contributed by atoms with Crippen molar-refractivity contribution in [2.24, 2.45) is 5.92 Å². The minimum absolute atomic E-state index is 0.0495. The number of aliphatic hydroxyl groups is 1. The van der Waals surface area contributed by atoms with Gasteiger partial charge in [0.15, 0.2) is 5.65 Å². The zero-order chi connectivity index (χ0) is 35.8. The van der Waals surface area contributed by atoms with Gasteiger partial charge in [-0.2, -0.15) is 0 Å². The van der Waals surface area contributed by atoms with Crippen molar-refractivity contribution < 1.29 is 9.90 Å². The van der Waals surface area contributed by atoms with Crippen LogP contribution < -0.4 is 5.56 Å². The van der Waals surface area contributed by atoms with Crippen molar-refractivity contribution in [3.05, 3.63) is 129 Å². The molecule has 4 aromatic heterocycles. The fourth-order valence-corrected chi connectivity index (χ4v) is 8.73. The zero-order valence-electron chi connectivity index (χ0n) is 28.9. The molecule has 8 rings (SSSR count). The lowest BCUT2D eigenvalue weighted by molar-refractivity contribution is -0.142. The highest BCUT2D eigenvalue weighted by Crippen LogP contribution is 2.37. The predicted molar refractivity (Wildman–Crippen MR) is 204 cm³/mol. The van der Waals surface area contributed by atoms with Crippen molar-refractivity contribution in [3.63, 3.8) is 0 Å². The number of thiazole rings is 1. The van der Waals surface area contributed by atoms with Crippen molar-refractivity contribution in [3.8, 4) is 16.3 Å². The van der Waals surface area contributed by atoms with Gasteiger partial charge in [-0.3, -0.25) is 24.0 Å². The topological polar surface area (TPSA) is 109 Å². The van der Waals surface area contributed by atoms with E-state index in [0.717, 1.165) is 48.0 Å². The van der Waals surface area contributed by atoms with Crippen molar-refractivity contribution in [2.75, 3.05) is 26.2 Å². The lowest BCUT2D eigenvalue weighted by Gasteiger charge is -2.43. The van der Waals surface area contributed by atoms with Gasteiger partial charge in [0, 0.05) is 83.4 Å². The van der Waals surface area contributed by atoms with E-state index in [1.165, 1.54) is 21.3 Å². The number of aromatic nitrogens is 5. The third-order valence-electron chi connectivity index (χ3n) is 10.6. The van der Waals surface area contributed by atoms with Crippen LogP contribution in [0.5, 0.6) is 0 Å². The van der Waals surface area contributed by atoms with E-state index in [0.29, 0.717) is 42.0 Å². The Morgan fingerprint density at radius 1 is 0.962 bits per heavy atom. The quantitative estimate of drug-likeness (QED) is 0.195. The first-order valence-electron chi connectivity index (χ1n) is 17.7. The first-order valence-corrected chi connectivity index (χ1v) is 18.9. The number of benzene rings is 2. The van der Waals surface area contributed by atoms with Crippen LogP contribution in [0, 0.1) is 12.8 Å². The number of hydrogen-bond donors (Lipinski definition) is 1. The number of piperidine rings is 2. The molecule has 2 aromatic carbocycles. The molecule has 0 bridgehead atoms. The van der Waals surface area contributed by atoms with Gasteiger partial charge in [-0.05, 0) is 80.8 Å². The molecule has 0 spiro atoms. The second-order valence-electron chi connectivity index (χ2n) is 14.1. The summed E-state index contributed by atoms with van der Waals surface area (Å²) in [4.78, 5) is 47.0. The van der Waals surface area contributed by atoms with Crippen molar-refractivity contribution in [1.82, 2.24) is 33.9 Å². The number of amides is 1. The fraction of sp³-hybridized carbons (Fsp3) is 0.325. The van der Waals surface area contributed by atoms with Crippen molar-refractivity contribution in [1.29, 1.82) is 0 Å². The van der Waals surface area contributed by atoms with Crippen LogP contribution in [-0.2, 0) is 17.9 Å². The summed E-state index contributed by atoms with van der Waals surface area (Å²) in [7, 11) is 0. The van der Waals surface area contributed by atoms with E-state index >= 15 is 0 Å². The highest BCUT2D eigenvalue weighted by Gasteiger charge is 2.41. The van der Waals surface area contributed by atoms with E-state index in [9.17, 15) is 14.7 Å². The predicted octanol–water partition coefficient (Wildman–Crippen LogP) is 6.33. The number of likely N-dealkylation sites (tertiary alicyclic amines) is 2. The molecule has 0 aliphatic carbocycles. The number of hydrogen-bond acceptors (Lipinski definition) is 8. The maximum atomic E-state index is 14.2. The summed E-state index contributed by atoms with van der Waals surface area (Å²) >= 11 is 7.75. The Morgan fingerprint density at radius 2 is 1.75 bits per heavy atom. The summed E-state index contributed by atoms with van der Waals surface area (Å²) in [6, 6.07) is 23.5. The highest BCUT2D eigenvalue weighted by molar-refractivity contribution is 7.15. The van der Waals surface area contributed by atoms with E-state index in [2.05, 4.69) is 38.1 Å². The first kappa shape index (κ1) is 34.4. The van der Waals surface area contributed by atoms with Gasteiger partial charge in [0.2, 0.25) is 5.91 Å². The SMILES string of the molecule is Cc1ccc(-c2ncc(CN3CC[C@@H](C(=O)N4CCC(O)(Cn5cnc6c(ccn6-c6ccc(Cl)cc6)c5=O)CC4)[C@H](c4ccccc4)C3)s2)cn1. The van der Waals surface area contributed by atoms with Crippen LogP contribution >= 0.6 is 22.9 Å². The van der Waals surface area contributed by atoms with Gasteiger partial charge < -0.3 is 14.6 Å². The monoisotopic (exact) mass is 733 g/mol. The molecule has 12 heteroatoms. The van der Waals surface area contributed by atoms with Crippen LogP contribution in [0.3, 0.4) is 0 Å². The summed E-state index contributed by atoms with van der Waals surface area (Å²) in [5, 5.41) is 13.7. The maximum absolute atomic E-state index is 14.2. The van der Waals surface area contributed by atoms with Crippen LogP contribution in [0.15, 0.2) is 103 Å². The third-order valence-corrected chi connectivity index (χ3v) is 11.9. The number of halogens is 1. The summed E-state index contributed by atoms with van der Waals surface area (Å²) in [5.74, 6) is 0.0409. The second-order valence-corrected chi connectivity index (χ2v) is 15.6. The number of fused-ring (bicyclic) bond motifs is 1. The molecular weight excluding hydrogens is 694 g/mol. The molecular formula is C40H40ClN7O3S. The lowest BCUT2D eigenvalue weighted by Crippen LogP contribution is -2.53. The summed E-state index contributed by atoms with van der Waals surface area (Å²) in [5.41, 5.74) is 3.24. The average Bonchev–Trinajstić information content (AvgIpc) is 3.82. The minimum Gasteiger partial charge on any atom is -0.388 e. The molecule has 10 nitrogen and oxygen atoms in total. The van der Waals surface area contributed by atoms with Gasteiger partial charge >= 0.3 is 0 Å². The number of aryl methyl sites for hydroxylation is 1. The number of pyridine rings is 1. The molecule has 2 aliphatic rings. The molecule has 2 fully saturated rings. The number of nitrogens with zero attached hydrogens (tertiary/aromatic N) is 7. The Balaban J connectivity index is 0.927. The molecule has 6 aromatic rings. The molecule has 2 atom stereocenters.